The summed E-state index contributed by atoms with van der Waals surface area (Å²) in [5.41, 5.74) is -2.44. The Bertz CT molecular complexity index is 1570. The van der Waals surface area contributed by atoms with Gasteiger partial charge < -0.3 is 20.1 Å². The number of nitriles is 1. The number of carbonyl (C=O) groups excluding carboxylic acids is 1. The van der Waals surface area contributed by atoms with Crippen molar-refractivity contribution in [3.8, 4) is 17.2 Å². The second kappa shape index (κ2) is 11.2. The van der Waals surface area contributed by atoms with Gasteiger partial charge in [0, 0.05) is 68.9 Å². The van der Waals surface area contributed by atoms with Crippen molar-refractivity contribution < 1.29 is 22.4 Å². The zero-order valence-electron chi connectivity index (χ0n) is 23.1. The van der Waals surface area contributed by atoms with Crippen molar-refractivity contribution in [2.75, 3.05) is 49.3 Å². The average molecular weight is 572 g/mol. The summed E-state index contributed by atoms with van der Waals surface area (Å²) < 4.78 is 56.8. The van der Waals surface area contributed by atoms with Crippen LogP contribution < -0.4 is 20.7 Å². The topological polar surface area (TPSA) is 108 Å². The van der Waals surface area contributed by atoms with Crippen molar-refractivity contribution in [1.82, 2.24) is 14.9 Å². The number of aromatic nitrogens is 2. The van der Waals surface area contributed by atoms with E-state index in [1.54, 1.807) is 19.0 Å². The summed E-state index contributed by atoms with van der Waals surface area (Å²) in [7, 11) is 5.37. The second-order valence-electron chi connectivity index (χ2n) is 10.3. The summed E-state index contributed by atoms with van der Waals surface area (Å²) in [4.78, 5) is 36.9. The van der Waals surface area contributed by atoms with Crippen molar-refractivity contribution in [2.24, 2.45) is 0 Å². The molecule has 3 aromatic rings. The highest BCUT2D eigenvalue weighted by atomic mass is 19.4. The smallest absolute Gasteiger partial charge is 0.367 e. The lowest BCUT2D eigenvalue weighted by molar-refractivity contribution is -0.138. The van der Waals surface area contributed by atoms with E-state index in [-0.39, 0.29) is 40.1 Å². The van der Waals surface area contributed by atoms with Crippen LogP contribution in [0.3, 0.4) is 0 Å². The van der Waals surface area contributed by atoms with Gasteiger partial charge in [0.2, 0.25) is 5.56 Å². The van der Waals surface area contributed by atoms with Crippen LogP contribution in [0.15, 0.2) is 41.5 Å². The number of benzene rings is 1. The summed E-state index contributed by atoms with van der Waals surface area (Å²) >= 11 is 0. The average Bonchev–Trinajstić information content (AvgIpc) is 2.91. The lowest BCUT2D eigenvalue weighted by Gasteiger charge is -2.44. The van der Waals surface area contributed by atoms with Gasteiger partial charge in [-0.05, 0) is 39.1 Å². The van der Waals surface area contributed by atoms with E-state index >= 15 is 4.39 Å². The summed E-state index contributed by atoms with van der Waals surface area (Å²) in [5, 5.41) is 12.1. The highest BCUT2D eigenvalue weighted by Crippen LogP contribution is 2.37. The molecule has 9 nitrogen and oxygen atoms in total. The van der Waals surface area contributed by atoms with Gasteiger partial charge in [0.05, 0.1) is 28.1 Å². The van der Waals surface area contributed by atoms with E-state index in [2.05, 4.69) is 20.2 Å². The third kappa shape index (κ3) is 6.02. The summed E-state index contributed by atoms with van der Waals surface area (Å²) in [6, 6.07) is 6.46. The molecule has 2 N–H and O–H groups in total. The van der Waals surface area contributed by atoms with E-state index in [4.69, 9.17) is 0 Å². The Morgan fingerprint density at radius 2 is 1.83 bits per heavy atom. The van der Waals surface area contributed by atoms with E-state index in [1.165, 1.54) is 24.4 Å². The van der Waals surface area contributed by atoms with Crippen LogP contribution >= 0.6 is 0 Å². The molecule has 2 aromatic heterocycles. The van der Waals surface area contributed by atoms with Crippen LogP contribution in [0, 0.1) is 17.1 Å². The first-order valence-corrected chi connectivity index (χ1v) is 12.7. The van der Waals surface area contributed by atoms with Crippen LogP contribution in [0.4, 0.5) is 34.8 Å². The van der Waals surface area contributed by atoms with Gasteiger partial charge in [0.15, 0.2) is 0 Å². The number of halogens is 4. The first-order chi connectivity index (χ1) is 19.2. The number of hydrogen-bond acceptors (Lipinski definition) is 7. The molecular formula is C28H29F4N7O2. The van der Waals surface area contributed by atoms with Gasteiger partial charge in [0.25, 0.3) is 5.91 Å². The molecule has 41 heavy (non-hydrogen) atoms. The number of nitrogens with one attached hydrogen (secondary N) is 2. The van der Waals surface area contributed by atoms with Crippen molar-refractivity contribution in [2.45, 2.75) is 32.1 Å². The molecule has 1 aliphatic rings. The van der Waals surface area contributed by atoms with E-state index in [1.807, 2.05) is 31.9 Å². The molecule has 0 bridgehead atoms. The number of amides is 1. The van der Waals surface area contributed by atoms with Crippen LogP contribution in [0.1, 0.15) is 35.3 Å². The summed E-state index contributed by atoms with van der Waals surface area (Å²) in [6.45, 7) is 4.91. The molecule has 1 saturated heterocycles. The Morgan fingerprint density at radius 1 is 1.17 bits per heavy atom. The highest BCUT2D eigenvalue weighted by molar-refractivity contribution is 6.07. The minimum atomic E-state index is -4.96. The second-order valence-corrected chi connectivity index (χ2v) is 10.3. The SMILES string of the molecule is CC1CN(c2cc(F)c(-c3cnc(N(C)C)c(C#N)c3)cc2NC(=O)c2c[nH]c(=O)cc2C(F)(F)F)CC(C)N1C. The fraction of sp³-hybridized carbons (Fsp3) is 0.357. The number of H-pyrrole nitrogens is 1. The molecule has 0 aliphatic carbocycles. The Morgan fingerprint density at radius 3 is 2.41 bits per heavy atom. The number of nitrogens with zero attached hydrogens (tertiary/aromatic N) is 5. The molecule has 1 fully saturated rings. The van der Waals surface area contributed by atoms with Crippen molar-refractivity contribution >= 4 is 23.1 Å². The molecule has 0 saturated carbocycles. The summed E-state index contributed by atoms with van der Waals surface area (Å²) in [5.74, 6) is -1.43. The number of rotatable bonds is 5. The zero-order valence-corrected chi connectivity index (χ0v) is 23.1. The van der Waals surface area contributed by atoms with Gasteiger partial charge in [-0.3, -0.25) is 14.5 Å². The number of piperazine rings is 1. The lowest BCUT2D eigenvalue weighted by Crippen LogP contribution is -2.55. The van der Waals surface area contributed by atoms with Gasteiger partial charge in [-0.15, -0.1) is 0 Å². The number of aromatic amines is 1. The number of anilines is 3. The van der Waals surface area contributed by atoms with Gasteiger partial charge >= 0.3 is 6.18 Å². The predicted octanol–water partition coefficient (Wildman–Crippen LogP) is 4.31. The fourth-order valence-corrected chi connectivity index (χ4v) is 4.87. The molecule has 0 spiro atoms. The molecule has 13 heteroatoms. The van der Waals surface area contributed by atoms with Crippen LogP contribution in [0.5, 0.6) is 0 Å². The fourth-order valence-electron chi connectivity index (χ4n) is 4.87. The van der Waals surface area contributed by atoms with Crippen LogP contribution in [0.2, 0.25) is 0 Å². The minimum Gasteiger partial charge on any atom is -0.367 e. The highest BCUT2D eigenvalue weighted by Gasteiger charge is 2.36. The van der Waals surface area contributed by atoms with Crippen molar-refractivity contribution in [1.29, 1.82) is 5.26 Å². The van der Waals surface area contributed by atoms with E-state index < -0.39 is 34.6 Å². The van der Waals surface area contributed by atoms with E-state index in [0.717, 1.165) is 0 Å². The van der Waals surface area contributed by atoms with E-state index in [9.17, 15) is 28.0 Å². The van der Waals surface area contributed by atoms with Crippen molar-refractivity contribution in [3.05, 3.63) is 69.5 Å². The summed E-state index contributed by atoms with van der Waals surface area (Å²) in [6.07, 6.45) is -2.88. The number of hydrogen-bond donors (Lipinski definition) is 2. The van der Waals surface area contributed by atoms with E-state index in [0.29, 0.717) is 31.2 Å². The number of likely N-dealkylation sites (N-methyl/N-ethyl adjacent to an activating group) is 1. The van der Waals surface area contributed by atoms with Crippen LogP contribution in [0.25, 0.3) is 11.1 Å². The Labute approximate surface area is 234 Å². The minimum absolute atomic E-state index is 0.00825. The monoisotopic (exact) mass is 571 g/mol. The van der Waals surface area contributed by atoms with Gasteiger partial charge in [-0.25, -0.2) is 9.37 Å². The van der Waals surface area contributed by atoms with Crippen molar-refractivity contribution in [3.63, 3.8) is 0 Å². The molecule has 0 radical (unpaired) electrons. The number of carbonyl (C=O) groups is 1. The Kier molecular flexibility index (Phi) is 8.08. The molecular weight excluding hydrogens is 542 g/mol. The molecule has 1 aromatic carbocycles. The molecule has 216 valence electrons. The Balaban J connectivity index is 1.86. The lowest BCUT2D eigenvalue weighted by atomic mass is 10.0. The molecule has 2 unspecified atom stereocenters. The Hall–Kier alpha value is -4.44. The molecule has 4 rings (SSSR count). The standard InChI is InChI=1S/C28H29F4N7O2/c1-15-13-39(14-16(2)38(15)5)24-9-22(29)19(18-6-17(10-33)26(35-11-18)37(3)4)7-23(24)36-27(41)20-12-34-25(40)8-21(20)28(30,31)32/h6-9,11-12,15-16H,13-14H2,1-5H3,(H,34,40)(H,36,41). The first-order valence-electron chi connectivity index (χ1n) is 12.7. The molecule has 1 amide bonds. The third-order valence-electron chi connectivity index (χ3n) is 7.23. The van der Waals surface area contributed by atoms with Crippen LogP contribution in [-0.4, -0.2) is 67.1 Å². The molecule has 3 heterocycles. The largest absolute Gasteiger partial charge is 0.417 e. The number of alkyl halides is 3. The maximum atomic E-state index is 15.7. The maximum absolute atomic E-state index is 15.7. The van der Waals surface area contributed by atoms with Gasteiger partial charge in [-0.2, -0.15) is 18.4 Å². The maximum Gasteiger partial charge on any atom is 0.417 e. The normalized spacial score (nSPS) is 17.7. The number of pyridine rings is 2. The molecule has 1 aliphatic heterocycles. The quantitative estimate of drug-likeness (QED) is 0.440. The predicted molar refractivity (Wildman–Crippen MR) is 148 cm³/mol. The molecule has 2 atom stereocenters. The van der Waals surface area contributed by atoms with Gasteiger partial charge in [-0.1, -0.05) is 0 Å². The third-order valence-corrected chi connectivity index (χ3v) is 7.23. The van der Waals surface area contributed by atoms with Crippen LogP contribution in [-0.2, 0) is 6.18 Å². The first kappa shape index (κ1) is 29.5. The van der Waals surface area contributed by atoms with Gasteiger partial charge in [0.1, 0.15) is 17.7 Å². The zero-order chi connectivity index (χ0) is 30.2.